The minimum absolute atomic E-state index is 0.116. The second-order valence-corrected chi connectivity index (χ2v) is 9.34. The molecule has 14 nitrogen and oxygen atoms in total. The van der Waals surface area contributed by atoms with Crippen molar-refractivity contribution in [1.29, 1.82) is 0 Å². The highest BCUT2D eigenvalue weighted by Crippen LogP contribution is 2.43. The molecule has 2 fully saturated rings. The maximum Gasteiger partial charge on any atom is 0.325 e. The normalized spacial score (nSPS) is 23.7. The number of fused-ring (bicyclic) bond motifs is 2. The first kappa shape index (κ1) is 25.6. The SMILES string of the molecule is COC(=O)CNC(=O)NC[C@H]1O[C@@H](n2cnc3c(NCc4ccc(O)cc4)ncnc32)C2OC(C)(C)OC21. The zero-order valence-corrected chi connectivity index (χ0v) is 21.1. The van der Waals surface area contributed by atoms with Crippen LogP contribution < -0.4 is 16.0 Å². The van der Waals surface area contributed by atoms with E-state index in [4.69, 9.17) is 14.2 Å². The number of nitrogens with zero attached hydrogens (tertiary/aromatic N) is 4. The minimum Gasteiger partial charge on any atom is -0.508 e. The van der Waals surface area contributed by atoms with Gasteiger partial charge in [0.15, 0.2) is 29.0 Å². The van der Waals surface area contributed by atoms with Crippen LogP contribution in [0.4, 0.5) is 10.6 Å². The lowest BCUT2D eigenvalue weighted by Crippen LogP contribution is -2.45. The molecule has 0 bridgehead atoms. The highest BCUT2D eigenvalue weighted by Gasteiger charge is 2.56. The Labute approximate surface area is 217 Å². The molecule has 14 heteroatoms. The Bertz CT molecular complexity index is 1310. The van der Waals surface area contributed by atoms with Gasteiger partial charge in [-0.1, -0.05) is 12.1 Å². The van der Waals surface area contributed by atoms with E-state index in [0.29, 0.717) is 23.5 Å². The number of benzene rings is 1. The molecule has 2 saturated heterocycles. The Hall–Kier alpha value is -4.01. The summed E-state index contributed by atoms with van der Waals surface area (Å²) in [6.45, 7) is 3.97. The molecule has 202 valence electrons. The van der Waals surface area contributed by atoms with E-state index in [9.17, 15) is 14.7 Å². The predicted molar refractivity (Wildman–Crippen MR) is 132 cm³/mol. The van der Waals surface area contributed by atoms with Gasteiger partial charge in [-0.15, -0.1) is 0 Å². The summed E-state index contributed by atoms with van der Waals surface area (Å²) < 4.78 is 24.8. The third kappa shape index (κ3) is 5.32. The summed E-state index contributed by atoms with van der Waals surface area (Å²) in [4.78, 5) is 36.7. The lowest BCUT2D eigenvalue weighted by molar-refractivity contribution is -0.195. The number of hydrogen-bond donors (Lipinski definition) is 4. The number of carbonyl (C=O) groups excluding carboxylic acids is 2. The van der Waals surface area contributed by atoms with Crippen molar-refractivity contribution in [3.05, 3.63) is 42.5 Å². The lowest BCUT2D eigenvalue weighted by Gasteiger charge is -2.25. The number of carbonyl (C=O) groups is 2. The van der Waals surface area contributed by atoms with E-state index in [2.05, 4.69) is 35.6 Å². The van der Waals surface area contributed by atoms with Crippen LogP contribution in [0.15, 0.2) is 36.9 Å². The van der Waals surface area contributed by atoms with Crippen LogP contribution in [0.2, 0.25) is 0 Å². The topological polar surface area (TPSA) is 171 Å². The molecule has 2 aliphatic rings. The number of aromatic nitrogens is 4. The summed E-state index contributed by atoms with van der Waals surface area (Å²) in [5.74, 6) is -0.674. The summed E-state index contributed by atoms with van der Waals surface area (Å²) in [6, 6.07) is 6.33. The van der Waals surface area contributed by atoms with Crippen molar-refractivity contribution in [2.24, 2.45) is 0 Å². The summed E-state index contributed by atoms with van der Waals surface area (Å²) in [7, 11) is 1.24. The number of aromatic hydroxyl groups is 1. The van der Waals surface area contributed by atoms with Gasteiger partial charge in [0.1, 0.15) is 36.9 Å². The number of anilines is 1. The van der Waals surface area contributed by atoms with Gasteiger partial charge >= 0.3 is 12.0 Å². The van der Waals surface area contributed by atoms with Crippen molar-refractivity contribution in [3.8, 4) is 5.75 Å². The van der Waals surface area contributed by atoms with Crippen LogP contribution in [0.1, 0.15) is 25.6 Å². The molecule has 4 N–H and O–H groups in total. The number of imidazole rings is 1. The van der Waals surface area contributed by atoms with E-state index in [1.807, 2.05) is 26.0 Å². The van der Waals surface area contributed by atoms with E-state index in [-0.39, 0.29) is 18.8 Å². The number of phenols is 1. The fraction of sp³-hybridized carbons (Fsp3) is 0.458. The van der Waals surface area contributed by atoms with Crippen molar-refractivity contribution in [2.75, 3.05) is 25.5 Å². The number of nitrogens with one attached hydrogen (secondary N) is 3. The summed E-state index contributed by atoms with van der Waals surface area (Å²) in [5, 5.41) is 17.9. The molecule has 2 aliphatic heterocycles. The number of esters is 1. The molecule has 5 rings (SSSR count). The molecule has 4 atom stereocenters. The maximum atomic E-state index is 12.1. The number of urea groups is 1. The molecule has 0 radical (unpaired) electrons. The van der Waals surface area contributed by atoms with E-state index >= 15 is 0 Å². The first-order valence-corrected chi connectivity index (χ1v) is 12.0. The van der Waals surface area contributed by atoms with Crippen molar-refractivity contribution in [1.82, 2.24) is 30.2 Å². The molecule has 0 aliphatic carbocycles. The Morgan fingerprint density at radius 2 is 1.87 bits per heavy atom. The molecule has 0 spiro atoms. The maximum absolute atomic E-state index is 12.1. The molecule has 4 heterocycles. The molecular weight excluding hydrogens is 498 g/mol. The number of hydrogen-bond acceptors (Lipinski definition) is 11. The molecule has 2 aromatic heterocycles. The van der Waals surface area contributed by atoms with Crippen molar-refractivity contribution in [2.45, 2.75) is 50.7 Å². The number of methoxy groups -OCH3 is 1. The zero-order valence-electron chi connectivity index (χ0n) is 21.1. The lowest BCUT2D eigenvalue weighted by atomic mass is 10.1. The third-order valence-electron chi connectivity index (χ3n) is 6.24. The highest BCUT2D eigenvalue weighted by molar-refractivity contribution is 5.83. The van der Waals surface area contributed by atoms with Gasteiger partial charge in [0.05, 0.1) is 13.4 Å². The number of amides is 2. The third-order valence-corrected chi connectivity index (χ3v) is 6.24. The van der Waals surface area contributed by atoms with Gasteiger partial charge in [-0.2, -0.15) is 0 Å². The molecular formula is C24H29N7O7. The smallest absolute Gasteiger partial charge is 0.325 e. The van der Waals surface area contributed by atoms with E-state index < -0.39 is 42.3 Å². The van der Waals surface area contributed by atoms with Gasteiger partial charge in [0.25, 0.3) is 0 Å². The second kappa shape index (κ2) is 10.4. The quantitative estimate of drug-likeness (QED) is 0.308. The molecule has 0 saturated carbocycles. The fourth-order valence-electron chi connectivity index (χ4n) is 4.49. The average Bonchev–Trinajstić information content (AvgIpc) is 3.56. The van der Waals surface area contributed by atoms with E-state index in [0.717, 1.165) is 5.56 Å². The number of phenolic OH excluding ortho intramolecular Hbond substituents is 1. The van der Waals surface area contributed by atoms with Crippen LogP contribution >= 0.6 is 0 Å². The number of ether oxygens (including phenoxy) is 4. The van der Waals surface area contributed by atoms with Crippen molar-refractivity contribution in [3.63, 3.8) is 0 Å². The van der Waals surface area contributed by atoms with Crippen LogP contribution in [0, 0.1) is 0 Å². The zero-order chi connectivity index (χ0) is 26.9. The Balaban J connectivity index is 1.32. The standard InChI is InChI=1S/C24H29N7O7/c1-24(2)37-18-15(9-26-23(34)27-10-16(33)35-3)36-22(19(18)38-24)31-12-30-17-20(28-11-29-21(17)31)25-8-13-4-6-14(32)7-5-13/h4-7,11-12,15,18-19,22,32H,8-10H2,1-3H3,(H,25,28,29)(H2,26,27,34)/t15-,18?,19?,22-/m1/s1. The van der Waals surface area contributed by atoms with E-state index in [1.165, 1.54) is 13.4 Å². The second-order valence-electron chi connectivity index (χ2n) is 9.34. The summed E-state index contributed by atoms with van der Waals surface area (Å²) >= 11 is 0. The van der Waals surface area contributed by atoms with Gasteiger partial charge in [-0.05, 0) is 31.5 Å². The van der Waals surface area contributed by atoms with Gasteiger partial charge < -0.3 is 40.0 Å². The molecule has 2 amide bonds. The van der Waals surface area contributed by atoms with E-state index in [1.54, 1.807) is 23.0 Å². The van der Waals surface area contributed by atoms with Gasteiger partial charge in [0.2, 0.25) is 0 Å². The predicted octanol–water partition coefficient (Wildman–Crippen LogP) is 1.03. The summed E-state index contributed by atoms with van der Waals surface area (Å²) in [6.07, 6.45) is 0.921. The highest BCUT2D eigenvalue weighted by atomic mass is 16.8. The van der Waals surface area contributed by atoms with Crippen LogP contribution in [0.5, 0.6) is 5.75 Å². The van der Waals surface area contributed by atoms with Gasteiger partial charge in [-0.3, -0.25) is 9.36 Å². The first-order chi connectivity index (χ1) is 18.2. The molecule has 38 heavy (non-hydrogen) atoms. The molecule has 2 unspecified atom stereocenters. The van der Waals surface area contributed by atoms with Gasteiger partial charge in [0, 0.05) is 13.1 Å². The number of rotatable bonds is 8. The van der Waals surface area contributed by atoms with Crippen molar-refractivity contribution < 1.29 is 33.6 Å². The summed E-state index contributed by atoms with van der Waals surface area (Å²) in [5.41, 5.74) is 2.05. The van der Waals surface area contributed by atoms with Crippen molar-refractivity contribution >= 4 is 29.0 Å². The Morgan fingerprint density at radius 1 is 1.11 bits per heavy atom. The largest absolute Gasteiger partial charge is 0.508 e. The molecule has 3 aromatic rings. The average molecular weight is 528 g/mol. The van der Waals surface area contributed by atoms with Crippen LogP contribution in [-0.2, 0) is 30.3 Å². The van der Waals surface area contributed by atoms with Crippen LogP contribution in [-0.4, -0.2) is 80.9 Å². The van der Waals surface area contributed by atoms with Crippen LogP contribution in [0.3, 0.4) is 0 Å². The Morgan fingerprint density at radius 3 is 2.63 bits per heavy atom. The first-order valence-electron chi connectivity index (χ1n) is 12.0. The fourth-order valence-corrected chi connectivity index (χ4v) is 4.49. The van der Waals surface area contributed by atoms with Crippen LogP contribution in [0.25, 0.3) is 11.2 Å². The van der Waals surface area contributed by atoms with Gasteiger partial charge in [-0.25, -0.2) is 19.7 Å². The monoisotopic (exact) mass is 527 g/mol. The minimum atomic E-state index is -0.856. The molecule has 1 aromatic carbocycles. The Kier molecular flexibility index (Phi) is 7.01.